The Kier molecular flexibility index (Phi) is 4.61. The minimum absolute atomic E-state index is 0.0463. The number of amides is 1. The molecule has 0 aliphatic heterocycles. The van der Waals surface area contributed by atoms with E-state index in [-0.39, 0.29) is 18.5 Å². The summed E-state index contributed by atoms with van der Waals surface area (Å²) in [4.78, 5) is 16.7. The molecule has 6 heteroatoms. The highest BCUT2D eigenvalue weighted by Crippen LogP contribution is 2.42. The summed E-state index contributed by atoms with van der Waals surface area (Å²) in [5, 5.41) is 3.55. The van der Waals surface area contributed by atoms with Crippen molar-refractivity contribution in [3.63, 3.8) is 0 Å². The van der Waals surface area contributed by atoms with Gasteiger partial charge < -0.3 is 5.32 Å². The van der Waals surface area contributed by atoms with E-state index >= 15 is 4.39 Å². The molecule has 1 unspecified atom stereocenters. The third-order valence-electron chi connectivity index (χ3n) is 4.16. The summed E-state index contributed by atoms with van der Waals surface area (Å²) >= 11 is 11.9. The number of nitrogens with zero attached hydrogens (tertiary/aromatic N) is 1. The van der Waals surface area contributed by atoms with Crippen molar-refractivity contribution in [3.8, 4) is 0 Å². The molecule has 0 saturated carbocycles. The van der Waals surface area contributed by atoms with E-state index in [9.17, 15) is 4.79 Å². The number of rotatable bonds is 3. The maximum absolute atomic E-state index is 15.5. The first kappa shape index (κ1) is 16.9. The molecule has 1 aliphatic carbocycles. The first-order valence-corrected chi connectivity index (χ1v) is 8.22. The summed E-state index contributed by atoms with van der Waals surface area (Å²) in [7, 11) is 0. The van der Waals surface area contributed by atoms with Crippen LogP contribution in [0.2, 0.25) is 10.0 Å². The lowest BCUT2D eigenvalue weighted by atomic mass is 9.80. The van der Waals surface area contributed by atoms with Gasteiger partial charge >= 0.3 is 0 Å². The molecule has 2 aromatic rings. The summed E-state index contributed by atoms with van der Waals surface area (Å²) in [6.45, 7) is 4.03. The monoisotopic (exact) mass is 364 g/mol. The van der Waals surface area contributed by atoms with Gasteiger partial charge in [-0.2, -0.15) is 0 Å². The predicted octanol–water partition coefficient (Wildman–Crippen LogP) is 4.68. The van der Waals surface area contributed by atoms with Gasteiger partial charge in [0.2, 0.25) is 5.67 Å². The topological polar surface area (TPSA) is 42.0 Å². The molecule has 3 rings (SSSR count). The number of pyridine rings is 1. The lowest BCUT2D eigenvalue weighted by Crippen LogP contribution is -2.43. The molecule has 24 heavy (non-hydrogen) atoms. The minimum atomic E-state index is -2.12. The third-order valence-corrected chi connectivity index (χ3v) is 4.74. The molecular weight excluding hydrogens is 350 g/mol. The number of hydrogen-bond donors (Lipinski definition) is 1. The minimum Gasteiger partial charge on any atom is -0.349 e. The second-order valence-electron chi connectivity index (χ2n) is 5.72. The van der Waals surface area contributed by atoms with Crippen molar-refractivity contribution in [2.75, 3.05) is 0 Å². The number of benzene rings is 1. The van der Waals surface area contributed by atoms with Crippen molar-refractivity contribution in [1.29, 1.82) is 0 Å². The third kappa shape index (κ3) is 3.04. The number of alkyl halides is 1. The average molecular weight is 365 g/mol. The van der Waals surface area contributed by atoms with Gasteiger partial charge in [-0.1, -0.05) is 41.9 Å². The van der Waals surface area contributed by atoms with Crippen molar-refractivity contribution >= 4 is 34.7 Å². The molecule has 1 amide bonds. The van der Waals surface area contributed by atoms with Crippen LogP contribution in [-0.2, 0) is 17.0 Å². The van der Waals surface area contributed by atoms with E-state index in [0.29, 0.717) is 27.7 Å². The van der Waals surface area contributed by atoms with Gasteiger partial charge in [0, 0.05) is 28.4 Å². The van der Waals surface area contributed by atoms with E-state index in [1.165, 1.54) is 0 Å². The predicted molar refractivity (Wildman–Crippen MR) is 93.6 cm³/mol. The van der Waals surface area contributed by atoms with Crippen LogP contribution >= 0.6 is 23.2 Å². The fourth-order valence-corrected chi connectivity index (χ4v) is 3.27. The molecule has 1 atom stereocenters. The molecule has 0 bridgehead atoms. The maximum atomic E-state index is 15.5. The van der Waals surface area contributed by atoms with E-state index in [4.69, 9.17) is 23.2 Å². The van der Waals surface area contributed by atoms with Crippen LogP contribution in [0.4, 0.5) is 4.39 Å². The number of halogens is 3. The van der Waals surface area contributed by atoms with Crippen molar-refractivity contribution in [1.82, 2.24) is 10.3 Å². The van der Waals surface area contributed by atoms with Crippen LogP contribution in [0.5, 0.6) is 0 Å². The molecule has 0 saturated heterocycles. The second-order valence-corrected chi connectivity index (χ2v) is 6.57. The standard InChI is InChI=1S/C18H15Cl2FN2O/c1-11-6-7-18(21,14-3-2-8-22-16(11)14)17(24)23-10-12-4-5-13(19)9-15(12)20/h2-5,8-9H,1,6-7,10H2,(H,23,24). The SMILES string of the molecule is C=C1CCC(F)(C(=O)NCc2ccc(Cl)cc2Cl)c2cccnc21. The Labute approximate surface area is 149 Å². The van der Waals surface area contributed by atoms with Crippen LogP contribution in [-0.4, -0.2) is 10.9 Å². The zero-order chi connectivity index (χ0) is 17.3. The number of carbonyl (C=O) groups excluding carboxylic acids is 1. The normalized spacial score (nSPS) is 19.7. The maximum Gasteiger partial charge on any atom is 0.262 e. The average Bonchev–Trinajstić information content (AvgIpc) is 2.57. The van der Waals surface area contributed by atoms with Crippen LogP contribution < -0.4 is 5.32 Å². The summed E-state index contributed by atoms with van der Waals surface area (Å²) < 4.78 is 15.5. The van der Waals surface area contributed by atoms with Crippen LogP contribution in [0.1, 0.15) is 29.7 Å². The Morgan fingerprint density at radius 1 is 1.38 bits per heavy atom. The highest BCUT2D eigenvalue weighted by Gasteiger charge is 2.45. The van der Waals surface area contributed by atoms with Gasteiger partial charge in [-0.05, 0) is 42.2 Å². The zero-order valence-electron chi connectivity index (χ0n) is 12.8. The highest BCUT2D eigenvalue weighted by molar-refractivity contribution is 6.35. The molecule has 0 radical (unpaired) electrons. The number of nitrogens with one attached hydrogen (secondary N) is 1. The number of fused-ring (bicyclic) bond motifs is 1. The fourth-order valence-electron chi connectivity index (χ4n) is 2.80. The van der Waals surface area contributed by atoms with Gasteiger partial charge in [0.25, 0.3) is 5.91 Å². The van der Waals surface area contributed by atoms with Gasteiger partial charge in [0.15, 0.2) is 0 Å². The van der Waals surface area contributed by atoms with E-state index < -0.39 is 11.6 Å². The smallest absolute Gasteiger partial charge is 0.262 e. The quantitative estimate of drug-likeness (QED) is 0.859. The molecular formula is C18H15Cl2FN2O. The lowest BCUT2D eigenvalue weighted by molar-refractivity contribution is -0.134. The van der Waals surface area contributed by atoms with Gasteiger partial charge in [-0.25, -0.2) is 4.39 Å². The number of carbonyl (C=O) groups is 1. The van der Waals surface area contributed by atoms with Crippen LogP contribution in [0.25, 0.3) is 5.57 Å². The van der Waals surface area contributed by atoms with E-state index in [1.807, 2.05) is 0 Å². The van der Waals surface area contributed by atoms with Crippen LogP contribution in [0.15, 0.2) is 43.1 Å². The lowest BCUT2D eigenvalue weighted by Gasteiger charge is -2.31. The summed E-state index contributed by atoms with van der Waals surface area (Å²) in [5.41, 5.74) is 0.0212. The Balaban J connectivity index is 1.82. The van der Waals surface area contributed by atoms with Gasteiger partial charge in [0.1, 0.15) is 0 Å². The molecule has 3 nitrogen and oxygen atoms in total. The summed E-state index contributed by atoms with van der Waals surface area (Å²) in [6, 6.07) is 8.16. The van der Waals surface area contributed by atoms with Crippen LogP contribution in [0.3, 0.4) is 0 Å². The summed E-state index contributed by atoms with van der Waals surface area (Å²) in [5.74, 6) is -0.699. The number of allylic oxidation sites excluding steroid dienone is 1. The Bertz CT molecular complexity index is 824. The Hall–Kier alpha value is -1.91. The molecule has 124 valence electrons. The fraction of sp³-hybridized carbons (Fsp3) is 0.222. The Morgan fingerprint density at radius 3 is 2.92 bits per heavy atom. The largest absolute Gasteiger partial charge is 0.349 e. The summed E-state index contributed by atoms with van der Waals surface area (Å²) in [6.07, 6.45) is 2.00. The van der Waals surface area contributed by atoms with Gasteiger partial charge in [-0.3, -0.25) is 9.78 Å². The van der Waals surface area contributed by atoms with Crippen molar-refractivity contribution in [3.05, 3.63) is 70.0 Å². The molecule has 1 aromatic carbocycles. The second kappa shape index (κ2) is 6.54. The Morgan fingerprint density at radius 2 is 2.17 bits per heavy atom. The first-order chi connectivity index (χ1) is 11.4. The molecule has 0 fully saturated rings. The van der Waals surface area contributed by atoms with Crippen molar-refractivity contribution < 1.29 is 9.18 Å². The van der Waals surface area contributed by atoms with Gasteiger partial charge in [-0.15, -0.1) is 0 Å². The molecule has 1 aromatic heterocycles. The molecule has 1 heterocycles. The first-order valence-electron chi connectivity index (χ1n) is 7.46. The zero-order valence-corrected chi connectivity index (χ0v) is 14.3. The highest BCUT2D eigenvalue weighted by atomic mass is 35.5. The number of hydrogen-bond acceptors (Lipinski definition) is 2. The van der Waals surface area contributed by atoms with Crippen LogP contribution in [0, 0.1) is 0 Å². The van der Waals surface area contributed by atoms with Gasteiger partial charge in [0.05, 0.1) is 5.69 Å². The number of aromatic nitrogens is 1. The van der Waals surface area contributed by atoms with E-state index in [2.05, 4.69) is 16.9 Å². The van der Waals surface area contributed by atoms with E-state index in [1.54, 1.807) is 36.5 Å². The van der Waals surface area contributed by atoms with Crippen molar-refractivity contribution in [2.45, 2.75) is 25.1 Å². The molecule has 1 aliphatic rings. The molecule has 0 spiro atoms. The van der Waals surface area contributed by atoms with E-state index in [0.717, 1.165) is 5.57 Å². The molecule has 1 N–H and O–H groups in total. The van der Waals surface area contributed by atoms with Crippen molar-refractivity contribution in [2.24, 2.45) is 0 Å².